The number of carbonyl (C=O) groups excluding carboxylic acids is 1. The van der Waals surface area contributed by atoms with Crippen molar-refractivity contribution < 1.29 is 9.21 Å². The zero-order valence-electron chi connectivity index (χ0n) is 10.5. The van der Waals surface area contributed by atoms with Crippen molar-refractivity contribution in [2.45, 2.75) is 20.8 Å². The highest BCUT2D eigenvalue weighted by Gasteiger charge is 2.13. The Kier molecular flexibility index (Phi) is 3.57. The summed E-state index contributed by atoms with van der Waals surface area (Å²) in [7, 11) is 0. The second-order valence-electron chi connectivity index (χ2n) is 4.24. The molecule has 0 aliphatic carbocycles. The average molecular weight is 308 g/mol. The summed E-state index contributed by atoms with van der Waals surface area (Å²) in [6.07, 6.45) is 0. The van der Waals surface area contributed by atoms with E-state index in [-0.39, 0.29) is 5.91 Å². The average Bonchev–Trinajstić information content (AvgIpc) is 2.63. The van der Waals surface area contributed by atoms with Gasteiger partial charge in [0.25, 0.3) is 5.91 Å². The van der Waals surface area contributed by atoms with Gasteiger partial charge in [0.15, 0.2) is 0 Å². The van der Waals surface area contributed by atoms with Gasteiger partial charge in [-0.15, -0.1) is 0 Å². The van der Waals surface area contributed by atoms with E-state index in [0.29, 0.717) is 11.3 Å². The molecular formula is C14H14BrNO2. The first-order valence-corrected chi connectivity index (χ1v) is 6.41. The zero-order valence-corrected chi connectivity index (χ0v) is 12.1. The third kappa shape index (κ3) is 2.64. The maximum Gasteiger partial charge on any atom is 0.259 e. The van der Waals surface area contributed by atoms with Gasteiger partial charge in [0.05, 0.1) is 5.56 Å². The van der Waals surface area contributed by atoms with Crippen LogP contribution >= 0.6 is 15.9 Å². The van der Waals surface area contributed by atoms with Crippen molar-refractivity contribution in [1.82, 2.24) is 0 Å². The molecule has 0 spiro atoms. The fraction of sp³-hybridized carbons (Fsp3) is 0.214. The number of furan rings is 1. The minimum absolute atomic E-state index is 0.147. The highest BCUT2D eigenvalue weighted by molar-refractivity contribution is 9.10. The number of anilines is 1. The van der Waals surface area contributed by atoms with Gasteiger partial charge in [-0.2, -0.15) is 0 Å². The Hall–Kier alpha value is -1.55. The van der Waals surface area contributed by atoms with E-state index in [0.717, 1.165) is 21.5 Å². The van der Waals surface area contributed by atoms with Crippen LogP contribution in [0.25, 0.3) is 0 Å². The van der Waals surface area contributed by atoms with Gasteiger partial charge in [0, 0.05) is 10.2 Å². The van der Waals surface area contributed by atoms with Crippen LogP contribution in [-0.2, 0) is 0 Å². The molecule has 0 unspecified atom stereocenters. The van der Waals surface area contributed by atoms with Crippen LogP contribution in [0, 0.1) is 20.8 Å². The maximum atomic E-state index is 12.1. The summed E-state index contributed by atoms with van der Waals surface area (Å²) in [5.74, 6) is 1.23. The van der Waals surface area contributed by atoms with Gasteiger partial charge in [-0.25, -0.2) is 0 Å². The lowest BCUT2D eigenvalue weighted by Crippen LogP contribution is -2.12. The van der Waals surface area contributed by atoms with E-state index in [4.69, 9.17) is 4.42 Å². The lowest BCUT2D eigenvalue weighted by Gasteiger charge is -2.06. The molecule has 1 amide bonds. The molecule has 0 aliphatic heterocycles. The van der Waals surface area contributed by atoms with Crippen LogP contribution in [-0.4, -0.2) is 5.91 Å². The molecule has 0 bridgehead atoms. The van der Waals surface area contributed by atoms with Crippen LogP contribution < -0.4 is 5.32 Å². The van der Waals surface area contributed by atoms with Crippen molar-refractivity contribution in [3.8, 4) is 0 Å². The molecule has 1 heterocycles. The van der Waals surface area contributed by atoms with E-state index in [1.54, 1.807) is 13.0 Å². The van der Waals surface area contributed by atoms with Gasteiger partial charge in [0.2, 0.25) is 0 Å². The molecule has 0 saturated heterocycles. The molecule has 1 aromatic heterocycles. The number of hydrogen-bond acceptors (Lipinski definition) is 2. The standard InChI is InChI=1S/C14H14BrNO2/c1-8-6-11(4-5-13(8)15)16-14(17)12-7-9(2)18-10(12)3/h4-7H,1-3H3,(H,16,17). The second kappa shape index (κ2) is 4.98. The first-order chi connectivity index (χ1) is 8.47. The van der Waals surface area contributed by atoms with Gasteiger partial charge >= 0.3 is 0 Å². The van der Waals surface area contributed by atoms with E-state index in [1.165, 1.54) is 0 Å². The predicted octanol–water partition coefficient (Wildman–Crippen LogP) is 4.22. The SMILES string of the molecule is Cc1cc(C(=O)Nc2ccc(Br)c(C)c2)c(C)o1. The molecule has 94 valence electrons. The van der Waals surface area contributed by atoms with Crippen LogP contribution in [0.1, 0.15) is 27.4 Å². The molecule has 0 saturated carbocycles. The van der Waals surface area contributed by atoms with Gasteiger partial charge in [-0.3, -0.25) is 4.79 Å². The maximum absolute atomic E-state index is 12.1. The smallest absolute Gasteiger partial charge is 0.259 e. The van der Waals surface area contributed by atoms with E-state index in [1.807, 2.05) is 32.0 Å². The van der Waals surface area contributed by atoms with Gasteiger partial charge in [0.1, 0.15) is 11.5 Å². The first kappa shape index (κ1) is 12.9. The van der Waals surface area contributed by atoms with Crippen molar-refractivity contribution in [1.29, 1.82) is 0 Å². The lowest BCUT2D eigenvalue weighted by atomic mass is 10.2. The molecule has 1 aromatic carbocycles. The van der Waals surface area contributed by atoms with E-state index >= 15 is 0 Å². The summed E-state index contributed by atoms with van der Waals surface area (Å²) in [4.78, 5) is 12.1. The fourth-order valence-electron chi connectivity index (χ4n) is 1.78. The van der Waals surface area contributed by atoms with Gasteiger partial charge in [-0.05, 0) is 50.6 Å². The number of aryl methyl sites for hydroxylation is 3. The highest BCUT2D eigenvalue weighted by Crippen LogP contribution is 2.21. The minimum Gasteiger partial charge on any atom is -0.466 e. The molecule has 2 aromatic rings. The van der Waals surface area contributed by atoms with Crippen molar-refractivity contribution in [2.24, 2.45) is 0 Å². The number of carbonyl (C=O) groups is 1. The van der Waals surface area contributed by atoms with E-state index in [9.17, 15) is 4.79 Å². The minimum atomic E-state index is -0.147. The van der Waals surface area contributed by atoms with Crippen molar-refractivity contribution >= 4 is 27.5 Å². The topological polar surface area (TPSA) is 42.2 Å². The molecule has 0 aliphatic rings. The molecule has 4 heteroatoms. The largest absolute Gasteiger partial charge is 0.466 e. The number of amides is 1. The third-order valence-corrected chi connectivity index (χ3v) is 3.59. The highest BCUT2D eigenvalue weighted by atomic mass is 79.9. The van der Waals surface area contributed by atoms with Crippen LogP contribution in [0.15, 0.2) is 33.2 Å². The number of nitrogens with one attached hydrogen (secondary N) is 1. The lowest BCUT2D eigenvalue weighted by molar-refractivity contribution is 0.102. The van der Waals surface area contributed by atoms with Crippen molar-refractivity contribution in [2.75, 3.05) is 5.32 Å². The Morgan fingerprint density at radius 1 is 1.22 bits per heavy atom. The zero-order chi connectivity index (χ0) is 13.3. The molecular weight excluding hydrogens is 294 g/mol. The van der Waals surface area contributed by atoms with Crippen LogP contribution in [0.5, 0.6) is 0 Å². The molecule has 0 fully saturated rings. The third-order valence-electron chi connectivity index (χ3n) is 2.70. The Morgan fingerprint density at radius 2 is 1.94 bits per heavy atom. The number of halogens is 1. The normalized spacial score (nSPS) is 10.4. The molecule has 0 atom stereocenters. The van der Waals surface area contributed by atoms with Gasteiger partial charge in [-0.1, -0.05) is 15.9 Å². The Bertz CT molecular complexity index is 602. The summed E-state index contributed by atoms with van der Waals surface area (Å²) in [5, 5.41) is 2.86. The Morgan fingerprint density at radius 3 is 2.50 bits per heavy atom. The predicted molar refractivity (Wildman–Crippen MR) is 75.0 cm³/mol. The van der Waals surface area contributed by atoms with E-state index in [2.05, 4.69) is 21.2 Å². The number of benzene rings is 1. The quantitative estimate of drug-likeness (QED) is 0.902. The summed E-state index contributed by atoms with van der Waals surface area (Å²) in [5.41, 5.74) is 2.43. The second-order valence-corrected chi connectivity index (χ2v) is 5.10. The number of rotatable bonds is 2. The molecule has 18 heavy (non-hydrogen) atoms. The van der Waals surface area contributed by atoms with Crippen molar-refractivity contribution in [3.05, 3.63) is 51.4 Å². The van der Waals surface area contributed by atoms with Crippen LogP contribution in [0.2, 0.25) is 0 Å². The van der Waals surface area contributed by atoms with Crippen molar-refractivity contribution in [3.63, 3.8) is 0 Å². The first-order valence-electron chi connectivity index (χ1n) is 5.62. The van der Waals surface area contributed by atoms with Crippen LogP contribution in [0.3, 0.4) is 0 Å². The Labute approximate surface area is 114 Å². The van der Waals surface area contributed by atoms with E-state index < -0.39 is 0 Å². The van der Waals surface area contributed by atoms with Gasteiger partial charge < -0.3 is 9.73 Å². The fourth-order valence-corrected chi connectivity index (χ4v) is 2.02. The number of hydrogen-bond donors (Lipinski definition) is 1. The molecule has 1 N–H and O–H groups in total. The Balaban J connectivity index is 2.21. The summed E-state index contributed by atoms with van der Waals surface area (Å²) < 4.78 is 6.37. The molecule has 2 rings (SSSR count). The summed E-state index contributed by atoms with van der Waals surface area (Å²) in [6, 6.07) is 7.44. The summed E-state index contributed by atoms with van der Waals surface area (Å²) >= 11 is 3.43. The molecule has 0 radical (unpaired) electrons. The monoisotopic (exact) mass is 307 g/mol. The van der Waals surface area contributed by atoms with Crippen LogP contribution in [0.4, 0.5) is 5.69 Å². The molecule has 3 nitrogen and oxygen atoms in total. The summed E-state index contributed by atoms with van der Waals surface area (Å²) in [6.45, 7) is 5.59.